The van der Waals surface area contributed by atoms with Gasteiger partial charge < -0.3 is 14.8 Å². The normalized spacial score (nSPS) is 11.2. The third-order valence-electron chi connectivity index (χ3n) is 1.35. The van der Waals surface area contributed by atoms with Gasteiger partial charge in [-0.15, -0.1) is 0 Å². The quantitative estimate of drug-likeness (QED) is 0.714. The van der Waals surface area contributed by atoms with Crippen LogP contribution < -0.4 is 5.32 Å². The van der Waals surface area contributed by atoms with Crippen molar-refractivity contribution in [3.8, 4) is 0 Å². The van der Waals surface area contributed by atoms with Crippen LogP contribution in [0.25, 0.3) is 0 Å². The van der Waals surface area contributed by atoms with Crippen molar-refractivity contribution in [2.45, 2.75) is 26.4 Å². The van der Waals surface area contributed by atoms with E-state index in [9.17, 15) is 4.79 Å². The first-order chi connectivity index (χ1) is 6.95. The zero-order valence-electron chi connectivity index (χ0n) is 9.96. The molecule has 0 aliphatic heterocycles. The average Bonchev–Trinajstić information content (AvgIpc) is 2.08. The van der Waals surface area contributed by atoms with Crippen molar-refractivity contribution < 1.29 is 14.3 Å². The van der Waals surface area contributed by atoms with E-state index in [2.05, 4.69) is 5.32 Å². The van der Waals surface area contributed by atoms with Crippen LogP contribution in [-0.4, -0.2) is 43.5 Å². The number of thioether (sulfide) groups is 1. The van der Waals surface area contributed by atoms with Crippen molar-refractivity contribution in [1.82, 2.24) is 5.32 Å². The molecule has 0 aliphatic carbocycles. The Morgan fingerprint density at radius 1 is 1.33 bits per heavy atom. The molecular formula is C10H21NO3S. The number of nitrogens with one attached hydrogen (secondary N) is 1. The molecule has 5 heteroatoms. The number of carbonyl (C=O) groups excluding carboxylic acids is 1. The minimum atomic E-state index is -0.423. The number of hydrogen-bond donors (Lipinski definition) is 1. The molecule has 90 valence electrons. The van der Waals surface area contributed by atoms with Crippen molar-refractivity contribution in [3.05, 3.63) is 0 Å². The van der Waals surface area contributed by atoms with Gasteiger partial charge in [0.2, 0.25) is 0 Å². The molecule has 0 unspecified atom stereocenters. The third kappa shape index (κ3) is 11.5. The maximum absolute atomic E-state index is 11.2. The molecule has 0 rings (SSSR count). The largest absolute Gasteiger partial charge is 0.444 e. The summed E-state index contributed by atoms with van der Waals surface area (Å²) in [4.78, 5) is 11.2. The standard InChI is InChI=1S/C10H21NO3S/c1-10(2,3)14-9(12)11-5-7-15-8-6-13-4/h5-8H2,1-4H3,(H,11,12). The van der Waals surface area contributed by atoms with Gasteiger partial charge in [-0.25, -0.2) is 4.79 Å². The fraction of sp³-hybridized carbons (Fsp3) is 0.900. The molecule has 0 fully saturated rings. The highest BCUT2D eigenvalue weighted by Crippen LogP contribution is 2.06. The number of rotatable bonds is 6. The zero-order valence-corrected chi connectivity index (χ0v) is 10.8. The Morgan fingerprint density at radius 2 is 2.00 bits per heavy atom. The van der Waals surface area contributed by atoms with E-state index in [-0.39, 0.29) is 6.09 Å². The van der Waals surface area contributed by atoms with Gasteiger partial charge in [0, 0.05) is 25.2 Å². The average molecular weight is 235 g/mol. The van der Waals surface area contributed by atoms with Crippen molar-refractivity contribution in [2.24, 2.45) is 0 Å². The molecule has 0 aliphatic rings. The zero-order chi connectivity index (χ0) is 11.7. The SMILES string of the molecule is COCCSCCNC(=O)OC(C)(C)C. The van der Waals surface area contributed by atoms with Crippen LogP contribution in [0.2, 0.25) is 0 Å². The van der Waals surface area contributed by atoms with Crippen LogP contribution in [0.1, 0.15) is 20.8 Å². The number of amides is 1. The van der Waals surface area contributed by atoms with Gasteiger partial charge in [-0.05, 0) is 20.8 Å². The number of carbonyl (C=O) groups is 1. The summed E-state index contributed by atoms with van der Waals surface area (Å²) in [5, 5.41) is 2.69. The lowest BCUT2D eigenvalue weighted by Crippen LogP contribution is -2.33. The first-order valence-electron chi connectivity index (χ1n) is 4.99. The summed E-state index contributed by atoms with van der Waals surface area (Å²) in [6.07, 6.45) is -0.352. The van der Waals surface area contributed by atoms with E-state index in [1.165, 1.54) is 0 Å². The van der Waals surface area contributed by atoms with Crippen LogP contribution in [0, 0.1) is 0 Å². The minimum Gasteiger partial charge on any atom is -0.444 e. The number of alkyl carbamates (subject to hydrolysis) is 1. The smallest absolute Gasteiger partial charge is 0.407 e. The lowest BCUT2D eigenvalue weighted by Gasteiger charge is -2.19. The van der Waals surface area contributed by atoms with Gasteiger partial charge in [-0.3, -0.25) is 0 Å². The Morgan fingerprint density at radius 3 is 2.53 bits per heavy atom. The van der Waals surface area contributed by atoms with Crippen LogP contribution in [0.15, 0.2) is 0 Å². The minimum absolute atomic E-state index is 0.352. The van der Waals surface area contributed by atoms with Crippen LogP contribution in [0.5, 0.6) is 0 Å². The molecule has 0 spiro atoms. The van der Waals surface area contributed by atoms with Gasteiger partial charge in [-0.2, -0.15) is 11.8 Å². The summed E-state index contributed by atoms with van der Waals surface area (Å²) < 4.78 is 9.98. The second-order valence-electron chi connectivity index (χ2n) is 4.03. The highest BCUT2D eigenvalue weighted by Gasteiger charge is 2.15. The van der Waals surface area contributed by atoms with Gasteiger partial charge in [0.05, 0.1) is 6.61 Å². The summed E-state index contributed by atoms with van der Waals surface area (Å²) in [6, 6.07) is 0. The number of ether oxygens (including phenoxy) is 2. The summed E-state index contributed by atoms with van der Waals surface area (Å²) in [5.41, 5.74) is -0.423. The molecule has 0 radical (unpaired) electrons. The van der Waals surface area contributed by atoms with E-state index in [0.717, 1.165) is 18.1 Å². The molecule has 0 bridgehead atoms. The molecular weight excluding hydrogens is 214 g/mol. The Balaban J connectivity index is 3.32. The van der Waals surface area contributed by atoms with Crippen LogP contribution in [0.4, 0.5) is 4.79 Å². The first-order valence-corrected chi connectivity index (χ1v) is 6.14. The monoisotopic (exact) mass is 235 g/mol. The highest BCUT2D eigenvalue weighted by molar-refractivity contribution is 7.99. The van der Waals surface area contributed by atoms with E-state index >= 15 is 0 Å². The maximum Gasteiger partial charge on any atom is 0.407 e. The number of hydrogen-bond acceptors (Lipinski definition) is 4. The molecule has 0 aromatic heterocycles. The van der Waals surface area contributed by atoms with Gasteiger partial charge in [-0.1, -0.05) is 0 Å². The molecule has 0 aromatic carbocycles. The topological polar surface area (TPSA) is 47.6 Å². The molecule has 15 heavy (non-hydrogen) atoms. The lowest BCUT2D eigenvalue weighted by atomic mass is 10.2. The first kappa shape index (κ1) is 14.6. The molecule has 4 nitrogen and oxygen atoms in total. The fourth-order valence-electron chi connectivity index (χ4n) is 0.784. The Labute approximate surface area is 96.1 Å². The summed E-state index contributed by atoms with van der Waals surface area (Å²) in [6.45, 7) is 6.92. The predicted molar refractivity (Wildman–Crippen MR) is 63.4 cm³/mol. The van der Waals surface area contributed by atoms with Crippen LogP contribution >= 0.6 is 11.8 Å². The van der Waals surface area contributed by atoms with E-state index in [0.29, 0.717) is 6.54 Å². The molecule has 1 N–H and O–H groups in total. The Kier molecular flexibility index (Phi) is 7.60. The molecule has 0 atom stereocenters. The Bertz CT molecular complexity index is 180. The molecule has 0 saturated carbocycles. The van der Waals surface area contributed by atoms with E-state index < -0.39 is 5.60 Å². The Hall–Kier alpha value is -0.420. The van der Waals surface area contributed by atoms with Crippen molar-refractivity contribution in [3.63, 3.8) is 0 Å². The molecule has 1 amide bonds. The van der Waals surface area contributed by atoms with E-state index in [1.807, 2.05) is 20.8 Å². The van der Waals surface area contributed by atoms with E-state index in [1.54, 1.807) is 18.9 Å². The summed E-state index contributed by atoms with van der Waals surface area (Å²) in [7, 11) is 1.68. The second-order valence-corrected chi connectivity index (χ2v) is 5.26. The second kappa shape index (κ2) is 7.82. The maximum atomic E-state index is 11.2. The van der Waals surface area contributed by atoms with Gasteiger partial charge in [0.15, 0.2) is 0 Å². The fourth-order valence-corrected chi connectivity index (χ4v) is 1.52. The summed E-state index contributed by atoms with van der Waals surface area (Å²) in [5.74, 6) is 1.83. The van der Waals surface area contributed by atoms with E-state index in [4.69, 9.17) is 9.47 Å². The van der Waals surface area contributed by atoms with Crippen LogP contribution in [0.3, 0.4) is 0 Å². The van der Waals surface area contributed by atoms with Gasteiger partial charge in [0.1, 0.15) is 5.60 Å². The predicted octanol–water partition coefficient (Wildman–Crippen LogP) is 1.89. The molecule has 0 saturated heterocycles. The highest BCUT2D eigenvalue weighted by atomic mass is 32.2. The van der Waals surface area contributed by atoms with Crippen LogP contribution in [-0.2, 0) is 9.47 Å². The molecule has 0 heterocycles. The van der Waals surface area contributed by atoms with Gasteiger partial charge in [0.25, 0.3) is 0 Å². The summed E-state index contributed by atoms with van der Waals surface area (Å²) >= 11 is 1.74. The van der Waals surface area contributed by atoms with Crippen molar-refractivity contribution >= 4 is 17.9 Å². The van der Waals surface area contributed by atoms with Crippen molar-refractivity contribution in [1.29, 1.82) is 0 Å². The van der Waals surface area contributed by atoms with Crippen molar-refractivity contribution in [2.75, 3.05) is 31.8 Å². The lowest BCUT2D eigenvalue weighted by molar-refractivity contribution is 0.0531. The number of methoxy groups -OCH3 is 1. The van der Waals surface area contributed by atoms with Gasteiger partial charge >= 0.3 is 6.09 Å². The third-order valence-corrected chi connectivity index (χ3v) is 2.29. The molecule has 0 aromatic rings.